The van der Waals surface area contributed by atoms with Crippen molar-refractivity contribution in [3.05, 3.63) is 29.8 Å². The number of hydrogen-bond donors (Lipinski definition) is 1. The van der Waals surface area contributed by atoms with Crippen LogP contribution in [0.4, 0.5) is 5.69 Å². The summed E-state index contributed by atoms with van der Waals surface area (Å²) in [6, 6.07) is 9.45. The van der Waals surface area contributed by atoms with Crippen LogP contribution in [0.1, 0.15) is 25.3 Å². The second-order valence-electron chi connectivity index (χ2n) is 5.85. The predicted molar refractivity (Wildman–Crippen MR) is 83.1 cm³/mol. The largest absolute Gasteiger partial charge is 0.368 e. The van der Waals surface area contributed by atoms with Crippen LogP contribution in [-0.2, 0) is 0 Å². The average molecular weight is 261 g/mol. The third-order valence-electron chi connectivity index (χ3n) is 4.12. The lowest BCUT2D eigenvalue weighted by Gasteiger charge is -2.41. The van der Waals surface area contributed by atoms with Crippen molar-refractivity contribution in [1.82, 2.24) is 10.2 Å². The molecule has 2 rings (SSSR count). The molecule has 1 saturated heterocycles. The van der Waals surface area contributed by atoms with E-state index in [0.29, 0.717) is 12.0 Å². The normalized spacial score (nSPS) is 21.1. The number of likely N-dealkylation sites (N-methyl/N-ethyl adjacent to an activating group) is 2. The lowest BCUT2D eigenvalue weighted by atomic mass is 9.99. The Morgan fingerprint density at radius 1 is 1.26 bits per heavy atom. The summed E-state index contributed by atoms with van der Waals surface area (Å²) in [4.78, 5) is 5.02. The van der Waals surface area contributed by atoms with Gasteiger partial charge in [0.05, 0.1) is 0 Å². The highest BCUT2D eigenvalue weighted by molar-refractivity contribution is 5.55. The van der Waals surface area contributed by atoms with Gasteiger partial charge in [-0.15, -0.1) is 0 Å². The molecule has 0 bridgehead atoms. The van der Waals surface area contributed by atoms with Crippen LogP contribution in [0.3, 0.4) is 0 Å². The first-order valence-corrected chi connectivity index (χ1v) is 7.32. The van der Waals surface area contributed by atoms with Gasteiger partial charge >= 0.3 is 0 Å². The Morgan fingerprint density at radius 2 is 2.00 bits per heavy atom. The topological polar surface area (TPSA) is 18.5 Å². The van der Waals surface area contributed by atoms with Crippen LogP contribution >= 0.6 is 0 Å². The molecule has 1 fully saturated rings. The maximum absolute atomic E-state index is 3.31. The zero-order valence-electron chi connectivity index (χ0n) is 12.7. The van der Waals surface area contributed by atoms with Crippen molar-refractivity contribution in [1.29, 1.82) is 0 Å². The molecule has 1 aromatic carbocycles. The standard InChI is InChI=1S/C16H27N3/c1-13(2)15-7-5-6-8-16(15)19-10-9-18(4)14(12-19)11-17-3/h5-8,13-14,17H,9-12H2,1-4H3. The number of rotatable bonds is 4. The van der Waals surface area contributed by atoms with Gasteiger partial charge in [-0.1, -0.05) is 32.0 Å². The molecule has 1 N–H and O–H groups in total. The van der Waals surface area contributed by atoms with E-state index in [2.05, 4.69) is 60.3 Å². The summed E-state index contributed by atoms with van der Waals surface area (Å²) in [5.41, 5.74) is 2.89. The molecule has 1 aromatic rings. The van der Waals surface area contributed by atoms with E-state index in [4.69, 9.17) is 0 Å². The molecule has 19 heavy (non-hydrogen) atoms. The Bertz CT molecular complexity index is 403. The Balaban J connectivity index is 2.18. The fourth-order valence-electron chi connectivity index (χ4n) is 2.88. The molecule has 106 valence electrons. The molecule has 1 unspecified atom stereocenters. The van der Waals surface area contributed by atoms with Gasteiger partial charge in [0.25, 0.3) is 0 Å². The molecule has 1 aliphatic rings. The lowest BCUT2D eigenvalue weighted by molar-refractivity contribution is 0.216. The first-order chi connectivity index (χ1) is 9.13. The maximum atomic E-state index is 3.31. The molecular weight excluding hydrogens is 234 g/mol. The molecule has 0 saturated carbocycles. The molecule has 1 aliphatic heterocycles. The van der Waals surface area contributed by atoms with E-state index in [1.807, 2.05) is 7.05 Å². The van der Waals surface area contributed by atoms with Crippen molar-refractivity contribution in [2.45, 2.75) is 25.8 Å². The van der Waals surface area contributed by atoms with Crippen LogP contribution in [0.2, 0.25) is 0 Å². The van der Waals surface area contributed by atoms with E-state index in [-0.39, 0.29) is 0 Å². The van der Waals surface area contributed by atoms with Crippen molar-refractivity contribution in [2.24, 2.45) is 0 Å². The Labute approximate surface area is 117 Å². The van der Waals surface area contributed by atoms with Crippen molar-refractivity contribution in [3.63, 3.8) is 0 Å². The van der Waals surface area contributed by atoms with Crippen LogP contribution in [0.5, 0.6) is 0 Å². The number of para-hydroxylation sites is 1. The van der Waals surface area contributed by atoms with Gasteiger partial charge in [0, 0.05) is 37.9 Å². The third kappa shape index (κ3) is 3.28. The van der Waals surface area contributed by atoms with Gasteiger partial charge in [-0.3, -0.25) is 4.90 Å². The molecule has 3 heteroatoms. The Kier molecular flexibility index (Phi) is 4.83. The zero-order chi connectivity index (χ0) is 13.8. The zero-order valence-corrected chi connectivity index (χ0v) is 12.7. The van der Waals surface area contributed by atoms with Gasteiger partial charge in [-0.25, -0.2) is 0 Å². The fraction of sp³-hybridized carbons (Fsp3) is 0.625. The lowest BCUT2D eigenvalue weighted by Crippen LogP contribution is -2.55. The Morgan fingerprint density at radius 3 is 2.68 bits per heavy atom. The molecule has 0 amide bonds. The SMILES string of the molecule is CNCC1CN(c2ccccc2C(C)C)CCN1C. The van der Waals surface area contributed by atoms with Crippen molar-refractivity contribution in [3.8, 4) is 0 Å². The molecule has 0 aromatic heterocycles. The van der Waals surface area contributed by atoms with E-state index in [0.717, 1.165) is 26.2 Å². The van der Waals surface area contributed by atoms with Gasteiger partial charge in [0.15, 0.2) is 0 Å². The molecular formula is C16H27N3. The Hall–Kier alpha value is -1.06. The third-order valence-corrected chi connectivity index (χ3v) is 4.12. The smallest absolute Gasteiger partial charge is 0.0402 e. The average Bonchev–Trinajstić information content (AvgIpc) is 2.41. The van der Waals surface area contributed by atoms with Crippen molar-refractivity contribution >= 4 is 5.69 Å². The number of nitrogens with one attached hydrogen (secondary N) is 1. The van der Waals surface area contributed by atoms with Crippen LogP contribution in [0, 0.1) is 0 Å². The van der Waals surface area contributed by atoms with Crippen LogP contribution in [-0.4, -0.2) is 51.2 Å². The van der Waals surface area contributed by atoms with E-state index in [1.165, 1.54) is 11.3 Å². The van der Waals surface area contributed by atoms with Gasteiger partial charge in [0.2, 0.25) is 0 Å². The van der Waals surface area contributed by atoms with Crippen LogP contribution < -0.4 is 10.2 Å². The highest BCUT2D eigenvalue weighted by atomic mass is 15.3. The summed E-state index contributed by atoms with van der Waals surface area (Å²) < 4.78 is 0. The molecule has 1 atom stereocenters. The highest BCUT2D eigenvalue weighted by Crippen LogP contribution is 2.28. The second kappa shape index (κ2) is 6.40. The molecule has 0 aliphatic carbocycles. The minimum atomic E-state index is 0.582. The van der Waals surface area contributed by atoms with Crippen LogP contribution in [0.25, 0.3) is 0 Å². The number of nitrogens with zero attached hydrogens (tertiary/aromatic N) is 2. The van der Waals surface area contributed by atoms with Crippen molar-refractivity contribution in [2.75, 3.05) is 45.2 Å². The minimum Gasteiger partial charge on any atom is -0.368 e. The van der Waals surface area contributed by atoms with Gasteiger partial charge in [-0.2, -0.15) is 0 Å². The minimum absolute atomic E-state index is 0.582. The fourth-order valence-corrected chi connectivity index (χ4v) is 2.88. The molecule has 0 radical (unpaired) electrons. The summed E-state index contributed by atoms with van der Waals surface area (Å²) >= 11 is 0. The summed E-state index contributed by atoms with van der Waals surface area (Å²) in [7, 11) is 4.27. The summed E-state index contributed by atoms with van der Waals surface area (Å²) in [6.07, 6.45) is 0. The summed E-state index contributed by atoms with van der Waals surface area (Å²) in [6.45, 7) is 8.98. The number of piperazine rings is 1. The van der Waals surface area contributed by atoms with E-state index >= 15 is 0 Å². The number of benzene rings is 1. The van der Waals surface area contributed by atoms with E-state index in [1.54, 1.807) is 0 Å². The predicted octanol–water partition coefficient (Wildman–Crippen LogP) is 2.15. The molecule has 3 nitrogen and oxygen atoms in total. The quantitative estimate of drug-likeness (QED) is 0.896. The van der Waals surface area contributed by atoms with Gasteiger partial charge in [-0.05, 0) is 31.6 Å². The van der Waals surface area contributed by atoms with Gasteiger partial charge in [0.1, 0.15) is 0 Å². The van der Waals surface area contributed by atoms with Crippen molar-refractivity contribution < 1.29 is 0 Å². The first kappa shape index (κ1) is 14.4. The summed E-state index contributed by atoms with van der Waals surface area (Å²) in [5.74, 6) is 0.582. The number of hydrogen-bond acceptors (Lipinski definition) is 3. The van der Waals surface area contributed by atoms with E-state index < -0.39 is 0 Å². The first-order valence-electron chi connectivity index (χ1n) is 7.32. The molecule has 1 heterocycles. The monoisotopic (exact) mass is 261 g/mol. The molecule has 0 spiro atoms. The maximum Gasteiger partial charge on any atom is 0.0402 e. The summed E-state index contributed by atoms with van der Waals surface area (Å²) in [5, 5.41) is 3.31. The highest BCUT2D eigenvalue weighted by Gasteiger charge is 2.25. The second-order valence-corrected chi connectivity index (χ2v) is 5.85. The number of anilines is 1. The van der Waals surface area contributed by atoms with E-state index in [9.17, 15) is 0 Å². The van der Waals surface area contributed by atoms with Crippen LogP contribution in [0.15, 0.2) is 24.3 Å². The van der Waals surface area contributed by atoms with Gasteiger partial charge < -0.3 is 10.2 Å².